The number of aromatic nitrogens is 1. The highest BCUT2D eigenvalue weighted by atomic mass is 19.1. The lowest BCUT2D eigenvalue weighted by Gasteiger charge is -2.42. The zero-order valence-electron chi connectivity index (χ0n) is 19.9. The molecular weight excluding hydrogens is 476 g/mol. The standard InChI is InChI=1S/C25H27F2N3O6/c1-12-5-17(26)15(18(27)6-12)8-28-23(34)16-9-30-19-10-29(24(35)20(30)22(33)21(16)32)13(2)3-4-25(19)7-14(31)11-36-25/h5-6,9,13-14,19,31,33H,3-4,7-8,10-11H2,1-2H3,(H,28,34)/t13-,14?,19+,25+/m0/s1. The number of nitrogens with one attached hydrogen (secondary N) is 1. The number of rotatable bonds is 3. The number of fused-ring (bicyclic) bond motifs is 5. The lowest BCUT2D eigenvalue weighted by molar-refractivity contribution is -0.0478. The van der Waals surface area contributed by atoms with E-state index in [9.17, 15) is 33.4 Å². The number of nitrogens with zero attached hydrogens (tertiary/aromatic N) is 2. The van der Waals surface area contributed by atoms with E-state index in [1.807, 2.05) is 6.92 Å². The van der Waals surface area contributed by atoms with Crippen molar-refractivity contribution in [3.8, 4) is 5.75 Å². The van der Waals surface area contributed by atoms with Gasteiger partial charge in [0.1, 0.15) is 17.2 Å². The number of carbonyl (C=O) groups excluding carboxylic acids is 2. The number of ether oxygens (including phenoxy) is 1. The van der Waals surface area contributed by atoms with Gasteiger partial charge in [0.05, 0.1) is 24.4 Å². The second-order valence-electron chi connectivity index (χ2n) is 9.96. The van der Waals surface area contributed by atoms with Gasteiger partial charge in [-0.2, -0.15) is 0 Å². The lowest BCUT2D eigenvalue weighted by atomic mass is 9.85. The zero-order chi connectivity index (χ0) is 25.9. The predicted octanol–water partition coefficient (Wildman–Crippen LogP) is 1.77. The average molecular weight is 504 g/mol. The third-order valence-electron chi connectivity index (χ3n) is 7.60. The summed E-state index contributed by atoms with van der Waals surface area (Å²) in [7, 11) is 0. The minimum absolute atomic E-state index is 0.112. The summed E-state index contributed by atoms with van der Waals surface area (Å²) in [5, 5.41) is 23.4. The first-order valence-electron chi connectivity index (χ1n) is 11.9. The lowest BCUT2D eigenvalue weighted by Crippen LogP contribution is -2.52. The largest absolute Gasteiger partial charge is 0.503 e. The van der Waals surface area contributed by atoms with Crippen LogP contribution in [0.4, 0.5) is 8.78 Å². The zero-order valence-corrected chi connectivity index (χ0v) is 19.9. The summed E-state index contributed by atoms with van der Waals surface area (Å²) in [6, 6.07) is 1.50. The molecule has 3 N–H and O–H groups in total. The molecule has 2 amide bonds. The van der Waals surface area contributed by atoms with Gasteiger partial charge >= 0.3 is 0 Å². The minimum Gasteiger partial charge on any atom is -0.503 e. The van der Waals surface area contributed by atoms with Gasteiger partial charge < -0.3 is 29.7 Å². The number of hydrogen-bond donors (Lipinski definition) is 3. The highest BCUT2D eigenvalue weighted by molar-refractivity contribution is 5.99. The van der Waals surface area contributed by atoms with Crippen molar-refractivity contribution in [3.63, 3.8) is 0 Å². The van der Waals surface area contributed by atoms with Crippen LogP contribution in [0, 0.1) is 18.6 Å². The smallest absolute Gasteiger partial charge is 0.274 e. The number of hydrogen-bond acceptors (Lipinski definition) is 6. The number of pyridine rings is 1. The number of carbonyl (C=O) groups is 2. The monoisotopic (exact) mass is 503 g/mol. The maximum Gasteiger partial charge on any atom is 0.274 e. The van der Waals surface area contributed by atoms with Gasteiger partial charge in [-0.25, -0.2) is 8.78 Å². The summed E-state index contributed by atoms with van der Waals surface area (Å²) in [4.78, 5) is 40.7. The number of aliphatic hydroxyl groups is 1. The van der Waals surface area contributed by atoms with Gasteiger partial charge in [-0.05, 0) is 44.4 Å². The summed E-state index contributed by atoms with van der Waals surface area (Å²) in [6.07, 6.45) is 1.91. The first-order valence-corrected chi connectivity index (χ1v) is 11.9. The van der Waals surface area contributed by atoms with Crippen molar-refractivity contribution in [2.45, 2.75) is 63.4 Å². The van der Waals surface area contributed by atoms with E-state index in [-0.39, 0.29) is 30.5 Å². The molecule has 0 radical (unpaired) electrons. The van der Waals surface area contributed by atoms with Crippen LogP contribution in [-0.4, -0.2) is 62.4 Å². The highest BCUT2D eigenvalue weighted by Crippen LogP contribution is 2.46. The van der Waals surface area contributed by atoms with E-state index >= 15 is 0 Å². The molecule has 2 aromatic rings. The summed E-state index contributed by atoms with van der Waals surface area (Å²) >= 11 is 0. The molecule has 1 aromatic carbocycles. The third kappa shape index (κ3) is 3.77. The Kier molecular flexibility index (Phi) is 5.87. The number of benzene rings is 1. The molecule has 36 heavy (non-hydrogen) atoms. The van der Waals surface area contributed by atoms with Crippen molar-refractivity contribution in [2.75, 3.05) is 13.2 Å². The number of aromatic hydroxyl groups is 1. The van der Waals surface area contributed by atoms with Gasteiger partial charge in [0, 0.05) is 37.3 Å². The van der Waals surface area contributed by atoms with Crippen LogP contribution in [0.3, 0.4) is 0 Å². The van der Waals surface area contributed by atoms with E-state index in [2.05, 4.69) is 5.32 Å². The van der Waals surface area contributed by atoms with E-state index in [4.69, 9.17) is 4.74 Å². The molecule has 192 valence electrons. The van der Waals surface area contributed by atoms with E-state index in [0.717, 1.165) is 12.1 Å². The third-order valence-corrected chi connectivity index (χ3v) is 7.60. The Balaban J connectivity index is 1.55. The van der Waals surface area contributed by atoms with Gasteiger partial charge in [-0.15, -0.1) is 0 Å². The first kappa shape index (κ1) is 24.4. The van der Waals surface area contributed by atoms with Gasteiger partial charge in [-0.3, -0.25) is 14.4 Å². The summed E-state index contributed by atoms with van der Waals surface area (Å²) < 4.78 is 35.9. The van der Waals surface area contributed by atoms with Gasteiger partial charge in [-0.1, -0.05) is 0 Å². The molecule has 1 aromatic heterocycles. The topological polar surface area (TPSA) is 121 Å². The molecule has 0 saturated carbocycles. The number of aryl methyl sites for hydroxylation is 1. The fourth-order valence-electron chi connectivity index (χ4n) is 5.66. The molecule has 4 heterocycles. The summed E-state index contributed by atoms with van der Waals surface area (Å²) in [5.74, 6) is -4.05. The van der Waals surface area contributed by atoms with Crippen LogP contribution >= 0.6 is 0 Å². The molecule has 1 spiro atoms. The van der Waals surface area contributed by atoms with Crippen molar-refractivity contribution in [2.24, 2.45) is 0 Å². The molecular formula is C25H27F2N3O6. The Morgan fingerprint density at radius 3 is 2.61 bits per heavy atom. The van der Waals surface area contributed by atoms with E-state index < -0.39 is 64.5 Å². The van der Waals surface area contributed by atoms with Crippen LogP contribution in [0.5, 0.6) is 5.75 Å². The van der Waals surface area contributed by atoms with Gasteiger partial charge in [0.15, 0.2) is 11.4 Å². The van der Waals surface area contributed by atoms with Crippen molar-refractivity contribution < 1.29 is 33.3 Å². The molecule has 2 saturated heterocycles. The number of halogens is 2. The molecule has 5 rings (SSSR count). The molecule has 1 unspecified atom stereocenters. The number of amides is 2. The van der Waals surface area contributed by atoms with Crippen LogP contribution in [0.15, 0.2) is 23.1 Å². The molecule has 3 aliphatic heterocycles. The normalized spacial score (nSPS) is 27.2. The van der Waals surface area contributed by atoms with E-state index in [1.54, 1.807) is 4.90 Å². The Hall–Kier alpha value is -3.31. The predicted molar refractivity (Wildman–Crippen MR) is 123 cm³/mol. The maximum atomic E-state index is 14.2. The van der Waals surface area contributed by atoms with Crippen molar-refractivity contribution in [3.05, 3.63) is 62.6 Å². The van der Waals surface area contributed by atoms with Crippen LogP contribution in [0.1, 0.15) is 64.2 Å². The van der Waals surface area contributed by atoms with Crippen LogP contribution < -0.4 is 10.7 Å². The molecule has 3 aliphatic rings. The van der Waals surface area contributed by atoms with Gasteiger partial charge in [0.25, 0.3) is 11.8 Å². The summed E-state index contributed by atoms with van der Waals surface area (Å²) in [5.41, 5.74) is -2.64. The van der Waals surface area contributed by atoms with Gasteiger partial charge in [0.2, 0.25) is 5.43 Å². The molecule has 4 atom stereocenters. The Morgan fingerprint density at radius 2 is 1.97 bits per heavy atom. The molecule has 11 heteroatoms. The molecule has 2 bridgehead atoms. The average Bonchev–Trinajstić information content (AvgIpc) is 3.14. The van der Waals surface area contributed by atoms with Crippen LogP contribution in [-0.2, 0) is 11.3 Å². The molecule has 2 fully saturated rings. The quantitative estimate of drug-likeness (QED) is 0.587. The van der Waals surface area contributed by atoms with Crippen molar-refractivity contribution >= 4 is 11.8 Å². The Labute approximate surface area is 205 Å². The fraction of sp³-hybridized carbons (Fsp3) is 0.480. The van der Waals surface area contributed by atoms with E-state index in [1.165, 1.54) is 17.7 Å². The minimum atomic E-state index is -1.06. The summed E-state index contributed by atoms with van der Waals surface area (Å²) in [6.45, 7) is 3.20. The van der Waals surface area contributed by atoms with Crippen molar-refractivity contribution in [1.82, 2.24) is 14.8 Å². The maximum absolute atomic E-state index is 14.2. The Morgan fingerprint density at radius 1 is 1.28 bits per heavy atom. The first-order chi connectivity index (χ1) is 17.0. The highest BCUT2D eigenvalue weighted by Gasteiger charge is 2.53. The number of aliphatic hydroxyl groups excluding tert-OH is 1. The fourth-order valence-corrected chi connectivity index (χ4v) is 5.66. The molecule has 0 aliphatic carbocycles. The SMILES string of the molecule is Cc1cc(F)c(CNC(=O)c2cn3c(c(O)c2=O)C(=O)N2C[C@@H]3[C@@]3(CC[C@@H]2C)CC(O)CO3)c(F)c1. The second-order valence-corrected chi connectivity index (χ2v) is 9.96. The van der Waals surface area contributed by atoms with E-state index in [0.29, 0.717) is 24.8 Å². The molecule has 9 nitrogen and oxygen atoms in total. The second kappa shape index (κ2) is 8.67. The van der Waals surface area contributed by atoms with Crippen molar-refractivity contribution in [1.29, 1.82) is 0 Å². The Bertz CT molecular complexity index is 1300. The van der Waals surface area contributed by atoms with Crippen LogP contribution in [0.25, 0.3) is 0 Å². The van der Waals surface area contributed by atoms with Crippen LogP contribution in [0.2, 0.25) is 0 Å².